The first kappa shape index (κ1) is 17.2. The van der Waals surface area contributed by atoms with Crippen LogP contribution in [0.3, 0.4) is 0 Å². The lowest BCUT2D eigenvalue weighted by molar-refractivity contribution is -0.384. The SMILES string of the molecule is O=C(NCCNc1ccc([N+](=O)[O-])cc1)c1cc2ccccc2oc1=O. The highest BCUT2D eigenvalue weighted by Crippen LogP contribution is 2.15. The molecule has 2 aromatic carbocycles. The Hall–Kier alpha value is -3.68. The van der Waals surface area contributed by atoms with Crippen LogP contribution in [-0.2, 0) is 0 Å². The van der Waals surface area contributed by atoms with Gasteiger partial charge in [-0.2, -0.15) is 0 Å². The number of nitro benzene ring substituents is 1. The van der Waals surface area contributed by atoms with Gasteiger partial charge in [-0.15, -0.1) is 0 Å². The van der Waals surface area contributed by atoms with Crippen molar-refractivity contribution >= 4 is 28.3 Å². The van der Waals surface area contributed by atoms with Crippen LogP contribution in [0.25, 0.3) is 11.0 Å². The second-order valence-corrected chi connectivity index (χ2v) is 5.47. The van der Waals surface area contributed by atoms with Crippen LogP contribution in [0.2, 0.25) is 0 Å². The summed E-state index contributed by atoms with van der Waals surface area (Å²) in [6.45, 7) is 0.657. The van der Waals surface area contributed by atoms with Crippen molar-refractivity contribution in [1.82, 2.24) is 5.32 Å². The van der Waals surface area contributed by atoms with Crippen molar-refractivity contribution < 1.29 is 14.1 Å². The van der Waals surface area contributed by atoms with Gasteiger partial charge in [0.2, 0.25) is 0 Å². The molecule has 1 amide bonds. The van der Waals surface area contributed by atoms with E-state index in [1.54, 1.807) is 36.4 Å². The third-order valence-electron chi connectivity index (χ3n) is 3.70. The van der Waals surface area contributed by atoms with Crippen LogP contribution in [0.15, 0.2) is 63.8 Å². The van der Waals surface area contributed by atoms with Crippen molar-refractivity contribution in [3.8, 4) is 0 Å². The number of nitrogens with zero attached hydrogens (tertiary/aromatic N) is 1. The first-order valence-electron chi connectivity index (χ1n) is 7.84. The topological polar surface area (TPSA) is 114 Å². The molecule has 1 heterocycles. The fourth-order valence-corrected chi connectivity index (χ4v) is 2.40. The van der Waals surface area contributed by atoms with Gasteiger partial charge in [0.1, 0.15) is 11.1 Å². The maximum atomic E-state index is 12.2. The molecule has 26 heavy (non-hydrogen) atoms. The van der Waals surface area contributed by atoms with E-state index in [2.05, 4.69) is 10.6 Å². The molecule has 3 aromatic rings. The molecule has 0 unspecified atom stereocenters. The van der Waals surface area contributed by atoms with Crippen LogP contribution < -0.4 is 16.3 Å². The van der Waals surface area contributed by atoms with E-state index in [0.29, 0.717) is 23.2 Å². The van der Waals surface area contributed by atoms with E-state index in [9.17, 15) is 19.7 Å². The Kier molecular flexibility index (Phi) is 4.93. The zero-order valence-electron chi connectivity index (χ0n) is 13.6. The molecule has 0 aliphatic heterocycles. The van der Waals surface area contributed by atoms with Crippen LogP contribution in [0.4, 0.5) is 11.4 Å². The van der Waals surface area contributed by atoms with Gasteiger partial charge in [-0.05, 0) is 24.3 Å². The van der Waals surface area contributed by atoms with Crippen LogP contribution in [0.5, 0.6) is 0 Å². The number of carbonyl (C=O) groups is 1. The number of rotatable bonds is 6. The zero-order valence-corrected chi connectivity index (χ0v) is 13.6. The van der Waals surface area contributed by atoms with Crippen LogP contribution in [0.1, 0.15) is 10.4 Å². The number of nitro groups is 1. The highest BCUT2D eigenvalue weighted by molar-refractivity contribution is 5.96. The summed E-state index contributed by atoms with van der Waals surface area (Å²) < 4.78 is 5.13. The molecule has 0 radical (unpaired) electrons. The van der Waals surface area contributed by atoms with Crippen molar-refractivity contribution in [3.63, 3.8) is 0 Å². The number of anilines is 1. The molecule has 1 aromatic heterocycles. The van der Waals surface area contributed by atoms with E-state index in [0.717, 1.165) is 0 Å². The van der Waals surface area contributed by atoms with Gasteiger partial charge in [0, 0.05) is 36.3 Å². The Labute approximate surface area is 147 Å². The number of para-hydroxylation sites is 1. The van der Waals surface area contributed by atoms with Gasteiger partial charge < -0.3 is 15.1 Å². The largest absolute Gasteiger partial charge is 0.422 e. The molecule has 132 valence electrons. The Morgan fingerprint density at radius 2 is 1.81 bits per heavy atom. The van der Waals surface area contributed by atoms with Crippen LogP contribution in [-0.4, -0.2) is 23.9 Å². The molecule has 0 aliphatic carbocycles. The van der Waals surface area contributed by atoms with Gasteiger partial charge in [0.15, 0.2) is 0 Å². The van der Waals surface area contributed by atoms with Crippen LogP contribution >= 0.6 is 0 Å². The van der Waals surface area contributed by atoms with Gasteiger partial charge in [-0.1, -0.05) is 18.2 Å². The standard InChI is InChI=1S/C18H15N3O5/c22-17(15-11-12-3-1-2-4-16(12)26-18(15)23)20-10-9-19-13-5-7-14(8-6-13)21(24)25/h1-8,11,19H,9-10H2,(H,20,22). The van der Waals surface area contributed by atoms with Crippen LogP contribution in [0, 0.1) is 10.1 Å². The van der Waals surface area contributed by atoms with Gasteiger partial charge in [0.25, 0.3) is 11.6 Å². The fourth-order valence-electron chi connectivity index (χ4n) is 2.40. The molecule has 8 heteroatoms. The molecule has 0 saturated heterocycles. The zero-order chi connectivity index (χ0) is 18.5. The molecule has 3 rings (SSSR count). The first-order valence-corrected chi connectivity index (χ1v) is 7.84. The summed E-state index contributed by atoms with van der Waals surface area (Å²) in [4.78, 5) is 34.2. The van der Waals surface area contributed by atoms with Gasteiger partial charge in [-0.25, -0.2) is 4.79 Å². The maximum absolute atomic E-state index is 12.2. The summed E-state index contributed by atoms with van der Waals surface area (Å²) in [6.07, 6.45) is 0. The minimum absolute atomic E-state index is 0.00637. The molecule has 0 atom stereocenters. The Morgan fingerprint density at radius 3 is 2.54 bits per heavy atom. The quantitative estimate of drug-likeness (QED) is 0.305. The summed E-state index contributed by atoms with van der Waals surface area (Å²) in [5.41, 5.74) is 0.374. The minimum Gasteiger partial charge on any atom is -0.422 e. The molecule has 0 spiro atoms. The molecule has 2 N–H and O–H groups in total. The third kappa shape index (κ3) is 3.86. The lowest BCUT2D eigenvalue weighted by Gasteiger charge is -2.08. The van der Waals surface area contributed by atoms with E-state index in [1.807, 2.05) is 0 Å². The van der Waals surface area contributed by atoms with E-state index >= 15 is 0 Å². The number of non-ortho nitro benzene ring substituents is 1. The predicted molar refractivity (Wildman–Crippen MR) is 96.4 cm³/mol. The van der Waals surface area contributed by atoms with Gasteiger partial charge >= 0.3 is 5.63 Å². The molecule has 0 saturated carbocycles. The van der Waals surface area contributed by atoms with E-state index in [1.165, 1.54) is 18.2 Å². The van der Waals surface area contributed by atoms with E-state index in [4.69, 9.17) is 4.42 Å². The average Bonchev–Trinajstić information content (AvgIpc) is 2.64. The van der Waals surface area contributed by atoms with Crippen molar-refractivity contribution in [1.29, 1.82) is 0 Å². The minimum atomic E-state index is -0.690. The van der Waals surface area contributed by atoms with Gasteiger partial charge in [0.05, 0.1) is 4.92 Å². The average molecular weight is 353 g/mol. The molecular formula is C18H15N3O5. The molecule has 0 fully saturated rings. The first-order chi connectivity index (χ1) is 12.5. The smallest absolute Gasteiger partial charge is 0.349 e. The number of benzene rings is 2. The predicted octanol–water partition coefficient (Wildman–Crippen LogP) is 2.54. The highest BCUT2D eigenvalue weighted by Gasteiger charge is 2.13. The lowest BCUT2D eigenvalue weighted by Crippen LogP contribution is -2.32. The monoisotopic (exact) mass is 353 g/mol. The summed E-state index contributed by atoms with van der Waals surface area (Å²) in [6, 6.07) is 14.4. The van der Waals surface area contributed by atoms with E-state index < -0.39 is 16.5 Å². The lowest BCUT2D eigenvalue weighted by atomic mass is 10.2. The van der Waals surface area contributed by atoms with Crippen molar-refractivity contribution in [3.05, 3.63) is 80.7 Å². The molecule has 0 aliphatic rings. The van der Waals surface area contributed by atoms with Crippen molar-refractivity contribution in [2.45, 2.75) is 0 Å². The van der Waals surface area contributed by atoms with E-state index in [-0.39, 0.29) is 17.8 Å². The highest BCUT2D eigenvalue weighted by atomic mass is 16.6. The van der Waals surface area contributed by atoms with Gasteiger partial charge in [-0.3, -0.25) is 14.9 Å². The molecular weight excluding hydrogens is 338 g/mol. The summed E-state index contributed by atoms with van der Waals surface area (Å²) in [5.74, 6) is -0.519. The number of carbonyl (C=O) groups excluding carboxylic acids is 1. The van der Waals surface area contributed by atoms with Crippen molar-refractivity contribution in [2.75, 3.05) is 18.4 Å². The summed E-state index contributed by atoms with van der Waals surface area (Å²) in [7, 11) is 0. The molecule has 0 bridgehead atoms. The third-order valence-corrected chi connectivity index (χ3v) is 3.70. The Bertz CT molecular complexity index is 1010. The summed E-state index contributed by atoms with van der Waals surface area (Å²) >= 11 is 0. The Morgan fingerprint density at radius 1 is 1.08 bits per heavy atom. The number of nitrogens with one attached hydrogen (secondary N) is 2. The normalized spacial score (nSPS) is 10.5. The number of amides is 1. The second-order valence-electron chi connectivity index (χ2n) is 5.47. The fraction of sp³-hybridized carbons (Fsp3) is 0.111. The Balaban J connectivity index is 1.56. The van der Waals surface area contributed by atoms with Crippen molar-refractivity contribution in [2.24, 2.45) is 0 Å². The second kappa shape index (κ2) is 7.47. The number of fused-ring (bicyclic) bond motifs is 1. The maximum Gasteiger partial charge on any atom is 0.349 e. The molecule has 8 nitrogen and oxygen atoms in total. The summed E-state index contributed by atoms with van der Waals surface area (Å²) in [5, 5.41) is 16.9. The number of hydrogen-bond acceptors (Lipinski definition) is 6. The number of hydrogen-bond donors (Lipinski definition) is 2.